The molecule has 0 fully saturated rings. The zero-order chi connectivity index (χ0) is 14.2. The highest BCUT2D eigenvalue weighted by molar-refractivity contribution is 5.82. The van der Waals surface area contributed by atoms with E-state index in [-0.39, 0.29) is 19.1 Å². The fourth-order valence-electron chi connectivity index (χ4n) is 2.14. The standard InChI is InChI=1S/C16H19NO3/c18-15(10-13-6-4-5-7-13)17-11-16(19)20-12-14-8-2-1-3-9-14/h1-4,6,8-9,13H,5,7,10-12H2,(H,17,18). The number of allylic oxidation sites excluding steroid dienone is 2. The maximum atomic E-state index is 11.6. The van der Waals surface area contributed by atoms with E-state index >= 15 is 0 Å². The van der Waals surface area contributed by atoms with E-state index in [1.54, 1.807) is 0 Å². The van der Waals surface area contributed by atoms with Gasteiger partial charge in [-0.05, 0) is 24.3 Å². The van der Waals surface area contributed by atoms with Crippen LogP contribution in [0.3, 0.4) is 0 Å². The molecular weight excluding hydrogens is 254 g/mol. The van der Waals surface area contributed by atoms with Gasteiger partial charge in [-0.25, -0.2) is 0 Å². The quantitative estimate of drug-likeness (QED) is 0.638. The van der Waals surface area contributed by atoms with Gasteiger partial charge in [0.25, 0.3) is 0 Å². The Hall–Kier alpha value is -2.10. The molecule has 106 valence electrons. The molecule has 1 atom stereocenters. The van der Waals surface area contributed by atoms with Crippen molar-refractivity contribution in [3.05, 3.63) is 48.0 Å². The van der Waals surface area contributed by atoms with Gasteiger partial charge in [-0.15, -0.1) is 0 Å². The molecule has 0 aliphatic heterocycles. The molecule has 1 aliphatic rings. The average molecular weight is 273 g/mol. The van der Waals surface area contributed by atoms with E-state index in [2.05, 4.69) is 17.5 Å². The van der Waals surface area contributed by atoms with Crippen molar-refractivity contribution in [2.75, 3.05) is 6.54 Å². The molecule has 0 aromatic heterocycles. The van der Waals surface area contributed by atoms with Gasteiger partial charge in [-0.1, -0.05) is 42.5 Å². The second-order valence-corrected chi connectivity index (χ2v) is 4.89. The number of carbonyl (C=O) groups excluding carboxylic acids is 2. The second kappa shape index (κ2) is 7.48. The lowest BCUT2D eigenvalue weighted by atomic mass is 10.1. The molecule has 20 heavy (non-hydrogen) atoms. The Morgan fingerprint density at radius 3 is 2.75 bits per heavy atom. The van der Waals surface area contributed by atoms with Gasteiger partial charge in [0.1, 0.15) is 13.2 Å². The minimum atomic E-state index is -0.413. The summed E-state index contributed by atoms with van der Waals surface area (Å²) < 4.78 is 5.08. The van der Waals surface area contributed by atoms with Gasteiger partial charge >= 0.3 is 5.97 Å². The van der Waals surface area contributed by atoms with E-state index in [9.17, 15) is 9.59 Å². The summed E-state index contributed by atoms with van der Waals surface area (Å²) in [6, 6.07) is 9.46. The van der Waals surface area contributed by atoms with Gasteiger partial charge in [-0.2, -0.15) is 0 Å². The fraction of sp³-hybridized carbons (Fsp3) is 0.375. The van der Waals surface area contributed by atoms with Crippen molar-refractivity contribution in [3.8, 4) is 0 Å². The second-order valence-electron chi connectivity index (χ2n) is 4.89. The molecule has 0 saturated heterocycles. The van der Waals surface area contributed by atoms with Gasteiger partial charge in [0.2, 0.25) is 5.91 Å². The number of amides is 1. The minimum Gasteiger partial charge on any atom is -0.460 e. The smallest absolute Gasteiger partial charge is 0.325 e. The Labute approximate surface area is 118 Å². The van der Waals surface area contributed by atoms with Crippen LogP contribution < -0.4 is 5.32 Å². The fourth-order valence-corrected chi connectivity index (χ4v) is 2.14. The van der Waals surface area contributed by atoms with Crippen LogP contribution in [-0.2, 0) is 20.9 Å². The molecule has 4 nitrogen and oxygen atoms in total. The molecule has 0 bridgehead atoms. The summed E-state index contributed by atoms with van der Waals surface area (Å²) in [4.78, 5) is 23.1. The molecule has 1 aliphatic carbocycles. The number of hydrogen-bond acceptors (Lipinski definition) is 3. The number of nitrogens with one attached hydrogen (secondary N) is 1. The summed E-state index contributed by atoms with van der Waals surface area (Å²) in [5.74, 6) is -0.197. The van der Waals surface area contributed by atoms with Crippen LogP contribution >= 0.6 is 0 Å². The first-order chi connectivity index (χ1) is 9.74. The summed E-state index contributed by atoms with van der Waals surface area (Å²) in [7, 11) is 0. The van der Waals surface area contributed by atoms with Gasteiger partial charge < -0.3 is 10.1 Å². The van der Waals surface area contributed by atoms with Gasteiger partial charge in [0.15, 0.2) is 0 Å². The summed E-state index contributed by atoms with van der Waals surface area (Å²) in [6.45, 7) is 0.170. The molecular formula is C16H19NO3. The molecule has 1 amide bonds. The predicted molar refractivity (Wildman–Crippen MR) is 75.7 cm³/mol. The third-order valence-corrected chi connectivity index (χ3v) is 3.23. The highest BCUT2D eigenvalue weighted by Gasteiger charge is 2.14. The van der Waals surface area contributed by atoms with Crippen molar-refractivity contribution in [2.24, 2.45) is 5.92 Å². The van der Waals surface area contributed by atoms with Crippen LogP contribution in [0.5, 0.6) is 0 Å². The summed E-state index contributed by atoms with van der Waals surface area (Å²) >= 11 is 0. The van der Waals surface area contributed by atoms with Crippen LogP contribution in [0.4, 0.5) is 0 Å². The molecule has 1 aromatic rings. The first-order valence-electron chi connectivity index (χ1n) is 6.87. The van der Waals surface area contributed by atoms with Crippen molar-refractivity contribution in [2.45, 2.75) is 25.9 Å². The van der Waals surface area contributed by atoms with Gasteiger partial charge in [0.05, 0.1) is 0 Å². The van der Waals surface area contributed by atoms with Crippen LogP contribution in [-0.4, -0.2) is 18.4 Å². The lowest BCUT2D eigenvalue weighted by Gasteiger charge is -2.09. The average Bonchev–Trinajstić information content (AvgIpc) is 2.97. The molecule has 0 spiro atoms. The monoisotopic (exact) mass is 273 g/mol. The van der Waals surface area contributed by atoms with Gasteiger partial charge in [0, 0.05) is 6.42 Å². The van der Waals surface area contributed by atoms with Crippen LogP contribution in [0.2, 0.25) is 0 Å². The summed E-state index contributed by atoms with van der Waals surface area (Å²) in [6.07, 6.45) is 6.66. The Kier molecular flexibility index (Phi) is 5.35. The van der Waals surface area contributed by atoms with Crippen molar-refractivity contribution < 1.29 is 14.3 Å². The van der Waals surface area contributed by atoms with Crippen molar-refractivity contribution in [1.29, 1.82) is 0 Å². The largest absolute Gasteiger partial charge is 0.460 e. The van der Waals surface area contributed by atoms with Crippen LogP contribution in [0, 0.1) is 5.92 Å². The first-order valence-corrected chi connectivity index (χ1v) is 6.87. The SMILES string of the molecule is O=C(CC1C=CCC1)NCC(=O)OCc1ccccc1. The number of benzene rings is 1. The van der Waals surface area contributed by atoms with E-state index < -0.39 is 5.97 Å². The van der Waals surface area contributed by atoms with Gasteiger partial charge in [-0.3, -0.25) is 9.59 Å². The number of ether oxygens (including phenoxy) is 1. The molecule has 1 aromatic carbocycles. The first kappa shape index (κ1) is 14.3. The highest BCUT2D eigenvalue weighted by atomic mass is 16.5. The maximum Gasteiger partial charge on any atom is 0.325 e. The maximum absolute atomic E-state index is 11.6. The van der Waals surface area contributed by atoms with E-state index in [0.717, 1.165) is 18.4 Å². The van der Waals surface area contributed by atoms with Crippen molar-refractivity contribution >= 4 is 11.9 Å². The molecule has 2 rings (SSSR count). The summed E-state index contributed by atoms with van der Waals surface area (Å²) in [5.41, 5.74) is 0.934. The van der Waals surface area contributed by atoms with Crippen LogP contribution in [0.15, 0.2) is 42.5 Å². The van der Waals surface area contributed by atoms with Crippen molar-refractivity contribution in [1.82, 2.24) is 5.32 Å². The minimum absolute atomic E-state index is 0.0674. The molecule has 4 heteroatoms. The number of hydrogen-bond donors (Lipinski definition) is 1. The highest BCUT2D eigenvalue weighted by Crippen LogP contribution is 2.19. The molecule has 0 heterocycles. The van der Waals surface area contributed by atoms with E-state index in [0.29, 0.717) is 12.3 Å². The lowest BCUT2D eigenvalue weighted by Crippen LogP contribution is -2.31. The lowest BCUT2D eigenvalue weighted by molar-refractivity contribution is -0.145. The van der Waals surface area contributed by atoms with Crippen LogP contribution in [0.1, 0.15) is 24.8 Å². The number of rotatable bonds is 6. The Bertz CT molecular complexity index is 482. The molecule has 0 radical (unpaired) electrons. The molecule has 0 saturated carbocycles. The normalized spacial score (nSPS) is 16.9. The Morgan fingerprint density at radius 2 is 2.05 bits per heavy atom. The van der Waals surface area contributed by atoms with Crippen molar-refractivity contribution in [3.63, 3.8) is 0 Å². The predicted octanol–water partition coefficient (Wildman–Crippen LogP) is 2.20. The third-order valence-electron chi connectivity index (χ3n) is 3.23. The molecule has 1 N–H and O–H groups in total. The third kappa shape index (κ3) is 4.88. The number of carbonyl (C=O) groups is 2. The topological polar surface area (TPSA) is 55.4 Å². The Balaban J connectivity index is 1.62. The summed E-state index contributed by atoms with van der Waals surface area (Å²) in [5, 5.41) is 2.60. The number of esters is 1. The van der Waals surface area contributed by atoms with E-state index in [1.807, 2.05) is 30.3 Å². The zero-order valence-electron chi connectivity index (χ0n) is 11.4. The molecule has 1 unspecified atom stereocenters. The van der Waals surface area contributed by atoms with E-state index in [4.69, 9.17) is 4.74 Å². The van der Waals surface area contributed by atoms with Crippen LogP contribution in [0.25, 0.3) is 0 Å². The Morgan fingerprint density at radius 1 is 1.25 bits per heavy atom. The van der Waals surface area contributed by atoms with E-state index in [1.165, 1.54) is 0 Å². The zero-order valence-corrected chi connectivity index (χ0v) is 11.4.